The molecule has 2 aliphatic heterocycles. The third-order valence-corrected chi connectivity index (χ3v) is 4.01. The molecular weight excluding hydrogens is 276 g/mol. The van der Waals surface area contributed by atoms with Crippen LogP contribution in [0, 0.1) is 5.92 Å². The predicted octanol–water partition coefficient (Wildman–Crippen LogP) is -0.701. The first kappa shape index (κ1) is 15.9. The number of Topliss-reactive ketones (excluding diaryl/α,β-unsaturated/α-hetero) is 1. The van der Waals surface area contributed by atoms with Crippen LogP contribution in [0.15, 0.2) is 0 Å². The number of rotatable bonds is 4. The van der Waals surface area contributed by atoms with Crippen LogP contribution in [-0.4, -0.2) is 80.5 Å². The Bertz CT molecular complexity index is 406. The molecule has 2 saturated heterocycles. The van der Waals surface area contributed by atoms with Gasteiger partial charge in [0.15, 0.2) is 5.78 Å². The summed E-state index contributed by atoms with van der Waals surface area (Å²) in [5, 5.41) is 0. The monoisotopic (exact) mass is 298 g/mol. The van der Waals surface area contributed by atoms with E-state index < -0.39 is 11.9 Å². The van der Waals surface area contributed by atoms with E-state index in [1.165, 1.54) is 7.11 Å². The van der Waals surface area contributed by atoms with Crippen molar-refractivity contribution in [2.45, 2.75) is 12.8 Å². The standard InChI is InChI=1S/C14H22N2O5/c1-20-14(19)11-2-5-16(10-12(11)17)13(18)3-4-15-6-8-21-9-7-15/h11H,2-10H2,1H3. The second-order valence-electron chi connectivity index (χ2n) is 5.35. The number of amides is 1. The minimum Gasteiger partial charge on any atom is -0.468 e. The van der Waals surface area contributed by atoms with Crippen LogP contribution in [-0.2, 0) is 23.9 Å². The largest absolute Gasteiger partial charge is 0.468 e. The molecule has 7 heteroatoms. The molecule has 2 rings (SSSR count). The van der Waals surface area contributed by atoms with Gasteiger partial charge >= 0.3 is 5.97 Å². The van der Waals surface area contributed by atoms with Gasteiger partial charge in [-0.25, -0.2) is 0 Å². The lowest BCUT2D eigenvalue weighted by Gasteiger charge is -2.31. The SMILES string of the molecule is COC(=O)C1CCN(C(=O)CCN2CCOCC2)CC1=O. The molecule has 1 amide bonds. The van der Waals surface area contributed by atoms with Crippen LogP contribution >= 0.6 is 0 Å². The molecule has 1 atom stereocenters. The topological polar surface area (TPSA) is 76.2 Å². The first-order valence-corrected chi connectivity index (χ1v) is 7.30. The Balaban J connectivity index is 1.76. The summed E-state index contributed by atoms with van der Waals surface area (Å²) in [5.41, 5.74) is 0. The third kappa shape index (κ3) is 4.25. The number of ether oxygens (including phenoxy) is 2. The maximum Gasteiger partial charge on any atom is 0.316 e. The van der Waals surface area contributed by atoms with Gasteiger partial charge in [-0.05, 0) is 6.42 Å². The Kier molecular flexibility index (Phi) is 5.69. The Morgan fingerprint density at radius 1 is 1.29 bits per heavy atom. The first-order valence-electron chi connectivity index (χ1n) is 7.30. The summed E-state index contributed by atoms with van der Waals surface area (Å²) in [5.74, 6) is -1.47. The number of likely N-dealkylation sites (tertiary alicyclic amines) is 1. The maximum atomic E-state index is 12.1. The number of carbonyl (C=O) groups excluding carboxylic acids is 3. The van der Waals surface area contributed by atoms with Crippen molar-refractivity contribution in [1.29, 1.82) is 0 Å². The smallest absolute Gasteiger partial charge is 0.316 e. The summed E-state index contributed by atoms with van der Waals surface area (Å²) in [6, 6.07) is 0. The molecule has 118 valence electrons. The molecule has 0 bridgehead atoms. The number of carbonyl (C=O) groups is 3. The Labute approximate surface area is 124 Å². The molecule has 2 aliphatic rings. The molecule has 0 aromatic heterocycles. The normalized spacial score (nSPS) is 24.0. The van der Waals surface area contributed by atoms with Crippen LogP contribution in [0.3, 0.4) is 0 Å². The highest BCUT2D eigenvalue weighted by atomic mass is 16.5. The zero-order chi connectivity index (χ0) is 15.2. The summed E-state index contributed by atoms with van der Waals surface area (Å²) >= 11 is 0. The fourth-order valence-electron chi connectivity index (χ4n) is 2.66. The quantitative estimate of drug-likeness (QED) is 0.504. The average molecular weight is 298 g/mol. The van der Waals surface area contributed by atoms with Crippen LogP contribution in [0.4, 0.5) is 0 Å². The number of morpholine rings is 1. The highest BCUT2D eigenvalue weighted by Crippen LogP contribution is 2.16. The van der Waals surface area contributed by atoms with E-state index in [2.05, 4.69) is 9.64 Å². The van der Waals surface area contributed by atoms with Crippen LogP contribution < -0.4 is 0 Å². The lowest BCUT2D eigenvalue weighted by atomic mass is 9.95. The minimum absolute atomic E-state index is 0.0156. The van der Waals surface area contributed by atoms with Gasteiger partial charge in [-0.1, -0.05) is 0 Å². The molecular formula is C14H22N2O5. The summed E-state index contributed by atoms with van der Waals surface area (Å²) in [4.78, 5) is 39.2. The fourth-order valence-corrected chi connectivity index (χ4v) is 2.66. The van der Waals surface area contributed by atoms with Gasteiger partial charge in [-0.2, -0.15) is 0 Å². The van der Waals surface area contributed by atoms with Gasteiger partial charge in [0.05, 0.1) is 26.9 Å². The average Bonchev–Trinajstić information content (AvgIpc) is 2.52. The summed E-state index contributed by atoms with van der Waals surface area (Å²) in [6.45, 7) is 4.24. The van der Waals surface area contributed by atoms with E-state index in [1.54, 1.807) is 4.90 Å². The molecule has 0 radical (unpaired) electrons. The Hall–Kier alpha value is -1.47. The first-order chi connectivity index (χ1) is 10.1. The van der Waals surface area contributed by atoms with E-state index in [4.69, 9.17) is 4.74 Å². The van der Waals surface area contributed by atoms with E-state index in [1.807, 2.05) is 0 Å². The Morgan fingerprint density at radius 2 is 2.00 bits per heavy atom. The van der Waals surface area contributed by atoms with Crippen molar-refractivity contribution >= 4 is 17.7 Å². The summed E-state index contributed by atoms with van der Waals surface area (Å²) in [6.07, 6.45) is 0.755. The van der Waals surface area contributed by atoms with Gasteiger partial charge in [-0.15, -0.1) is 0 Å². The van der Waals surface area contributed by atoms with Crippen molar-refractivity contribution in [3.63, 3.8) is 0 Å². The predicted molar refractivity (Wildman–Crippen MR) is 73.6 cm³/mol. The van der Waals surface area contributed by atoms with E-state index in [0.29, 0.717) is 39.1 Å². The van der Waals surface area contributed by atoms with Gasteiger partial charge in [0.1, 0.15) is 5.92 Å². The van der Waals surface area contributed by atoms with Crippen molar-refractivity contribution in [2.24, 2.45) is 5.92 Å². The van der Waals surface area contributed by atoms with Crippen LogP contribution in [0.25, 0.3) is 0 Å². The maximum absolute atomic E-state index is 12.1. The van der Waals surface area contributed by atoms with Gasteiger partial charge in [-0.3, -0.25) is 19.3 Å². The molecule has 0 saturated carbocycles. The van der Waals surface area contributed by atoms with Gasteiger partial charge in [0.25, 0.3) is 0 Å². The molecule has 0 spiro atoms. The van der Waals surface area contributed by atoms with Crippen LogP contribution in [0.1, 0.15) is 12.8 Å². The van der Waals surface area contributed by atoms with Crippen molar-refractivity contribution in [2.75, 3.05) is 53.0 Å². The van der Waals surface area contributed by atoms with E-state index in [9.17, 15) is 14.4 Å². The van der Waals surface area contributed by atoms with Crippen LogP contribution in [0.2, 0.25) is 0 Å². The number of nitrogens with zero attached hydrogens (tertiary/aromatic N) is 2. The number of piperidine rings is 1. The zero-order valence-electron chi connectivity index (χ0n) is 12.4. The van der Waals surface area contributed by atoms with Gasteiger partial charge < -0.3 is 14.4 Å². The fraction of sp³-hybridized carbons (Fsp3) is 0.786. The summed E-state index contributed by atoms with van der Waals surface area (Å²) in [7, 11) is 1.27. The molecule has 2 fully saturated rings. The summed E-state index contributed by atoms with van der Waals surface area (Å²) < 4.78 is 9.86. The molecule has 0 aliphatic carbocycles. The van der Waals surface area contributed by atoms with Gasteiger partial charge in [0.2, 0.25) is 5.91 Å². The van der Waals surface area contributed by atoms with E-state index in [-0.39, 0.29) is 18.2 Å². The molecule has 1 unspecified atom stereocenters. The number of esters is 1. The molecule has 7 nitrogen and oxygen atoms in total. The number of ketones is 1. The highest BCUT2D eigenvalue weighted by molar-refractivity contribution is 6.01. The highest BCUT2D eigenvalue weighted by Gasteiger charge is 2.34. The zero-order valence-corrected chi connectivity index (χ0v) is 12.4. The van der Waals surface area contributed by atoms with Crippen LogP contribution in [0.5, 0.6) is 0 Å². The van der Waals surface area contributed by atoms with E-state index in [0.717, 1.165) is 13.1 Å². The van der Waals surface area contributed by atoms with Crippen molar-refractivity contribution in [3.8, 4) is 0 Å². The lowest BCUT2D eigenvalue weighted by Crippen LogP contribution is -2.47. The van der Waals surface area contributed by atoms with E-state index >= 15 is 0 Å². The molecule has 0 aromatic carbocycles. The Morgan fingerprint density at radius 3 is 2.62 bits per heavy atom. The number of hydrogen-bond acceptors (Lipinski definition) is 6. The number of hydrogen-bond donors (Lipinski definition) is 0. The van der Waals surface area contributed by atoms with Gasteiger partial charge in [0, 0.05) is 32.6 Å². The van der Waals surface area contributed by atoms with Crippen molar-refractivity contribution < 1.29 is 23.9 Å². The van der Waals surface area contributed by atoms with Crippen molar-refractivity contribution in [3.05, 3.63) is 0 Å². The minimum atomic E-state index is -0.710. The molecule has 0 N–H and O–H groups in total. The molecule has 21 heavy (non-hydrogen) atoms. The second kappa shape index (κ2) is 7.51. The number of methoxy groups -OCH3 is 1. The second-order valence-corrected chi connectivity index (χ2v) is 5.35. The molecule has 2 heterocycles. The van der Waals surface area contributed by atoms with Crippen molar-refractivity contribution in [1.82, 2.24) is 9.80 Å². The third-order valence-electron chi connectivity index (χ3n) is 4.01. The molecule has 0 aromatic rings. The lowest BCUT2D eigenvalue weighted by molar-refractivity contribution is -0.154.